The number of carbonyl (C=O) groups excluding carboxylic acids is 1. The molecule has 2 heteroatoms. The largest absolute Gasteiger partial charge is 0.330 e. The fourth-order valence-electron chi connectivity index (χ4n) is 1.53. The molecule has 1 rings (SSSR count). The van der Waals surface area contributed by atoms with Crippen molar-refractivity contribution < 1.29 is 4.79 Å². The fourth-order valence-corrected chi connectivity index (χ4v) is 1.53. The van der Waals surface area contributed by atoms with Crippen LogP contribution in [-0.2, 0) is 11.2 Å². The highest BCUT2D eigenvalue weighted by Gasteiger charge is 2.13. The van der Waals surface area contributed by atoms with Gasteiger partial charge in [0.05, 0.1) is 0 Å². The molecule has 0 heterocycles. The number of benzene rings is 1. The molecule has 0 saturated heterocycles. The van der Waals surface area contributed by atoms with Crippen LogP contribution in [0.15, 0.2) is 30.3 Å². The third-order valence-electron chi connectivity index (χ3n) is 2.59. The summed E-state index contributed by atoms with van der Waals surface area (Å²) in [4.78, 5) is 11.7. The highest BCUT2D eigenvalue weighted by molar-refractivity contribution is 5.81. The van der Waals surface area contributed by atoms with E-state index in [0.717, 1.165) is 6.42 Å². The van der Waals surface area contributed by atoms with Crippen molar-refractivity contribution >= 4 is 5.78 Å². The van der Waals surface area contributed by atoms with Crippen molar-refractivity contribution in [3.05, 3.63) is 42.8 Å². The zero-order valence-corrected chi connectivity index (χ0v) is 8.99. The summed E-state index contributed by atoms with van der Waals surface area (Å²) >= 11 is 0. The summed E-state index contributed by atoms with van der Waals surface area (Å²) in [6, 6.07) is 10.0. The molecule has 15 heavy (non-hydrogen) atoms. The van der Waals surface area contributed by atoms with Crippen molar-refractivity contribution in [2.75, 3.05) is 6.54 Å². The van der Waals surface area contributed by atoms with Gasteiger partial charge in [-0.15, -0.1) is 0 Å². The summed E-state index contributed by atoms with van der Waals surface area (Å²) in [5, 5.41) is 0. The van der Waals surface area contributed by atoms with E-state index >= 15 is 0 Å². The van der Waals surface area contributed by atoms with Gasteiger partial charge in [-0.25, -0.2) is 0 Å². The molecule has 1 aromatic carbocycles. The van der Waals surface area contributed by atoms with E-state index in [1.54, 1.807) is 0 Å². The van der Waals surface area contributed by atoms with E-state index in [-0.39, 0.29) is 11.7 Å². The van der Waals surface area contributed by atoms with Crippen LogP contribution in [0, 0.1) is 12.8 Å². The monoisotopic (exact) mass is 204 g/mol. The Bertz CT molecular complexity index is 291. The molecule has 0 aliphatic rings. The van der Waals surface area contributed by atoms with E-state index in [1.165, 1.54) is 5.56 Å². The number of rotatable bonds is 6. The summed E-state index contributed by atoms with van der Waals surface area (Å²) in [6.45, 7) is 4.15. The van der Waals surface area contributed by atoms with Crippen molar-refractivity contribution in [3.8, 4) is 0 Å². The lowest BCUT2D eigenvalue weighted by Gasteiger charge is -2.10. The van der Waals surface area contributed by atoms with Gasteiger partial charge in [-0.1, -0.05) is 37.3 Å². The minimum atomic E-state index is -0.0614. The van der Waals surface area contributed by atoms with Crippen LogP contribution in [0.3, 0.4) is 0 Å². The highest BCUT2D eigenvalue weighted by Crippen LogP contribution is 2.09. The average Bonchev–Trinajstić information content (AvgIpc) is 2.29. The second kappa shape index (κ2) is 6.36. The van der Waals surface area contributed by atoms with Gasteiger partial charge in [0.1, 0.15) is 5.78 Å². The SMILES string of the molecule is [CH2]CC(CN)C(=O)CCc1ccccc1. The number of nitrogens with two attached hydrogens (primary N) is 1. The number of Topliss-reactive ketones (excluding diaryl/α,β-unsaturated/α-hetero) is 1. The number of carbonyl (C=O) groups is 1. The Hall–Kier alpha value is -1.15. The van der Waals surface area contributed by atoms with Crippen LogP contribution in [0.25, 0.3) is 0 Å². The average molecular weight is 204 g/mol. The summed E-state index contributed by atoms with van der Waals surface area (Å²) < 4.78 is 0. The molecule has 1 radical (unpaired) electrons. The van der Waals surface area contributed by atoms with Gasteiger partial charge in [0, 0.05) is 18.9 Å². The summed E-state index contributed by atoms with van der Waals surface area (Å²) in [5.74, 6) is 0.171. The first-order chi connectivity index (χ1) is 7.27. The molecule has 0 aliphatic heterocycles. The van der Waals surface area contributed by atoms with E-state index in [1.807, 2.05) is 30.3 Å². The summed E-state index contributed by atoms with van der Waals surface area (Å²) in [5.41, 5.74) is 6.69. The maximum atomic E-state index is 11.7. The summed E-state index contributed by atoms with van der Waals surface area (Å²) in [7, 11) is 0. The fraction of sp³-hybridized carbons (Fsp3) is 0.385. The molecule has 81 valence electrons. The zero-order chi connectivity index (χ0) is 11.1. The number of ketones is 1. The quantitative estimate of drug-likeness (QED) is 0.770. The Morgan fingerprint density at radius 2 is 2.00 bits per heavy atom. The third kappa shape index (κ3) is 3.84. The van der Waals surface area contributed by atoms with Crippen LogP contribution < -0.4 is 5.73 Å². The molecule has 0 spiro atoms. The first-order valence-corrected chi connectivity index (χ1v) is 5.34. The molecule has 1 atom stereocenters. The zero-order valence-electron chi connectivity index (χ0n) is 8.99. The van der Waals surface area contributed by atoms with Crippen molar-refractivity contribution in [2.24, 2.45) is 11.7 Å². The first kappa shape index (κ1) is 11.9. The van der Waals surface area contributed by atoms with E-state index in [4.69, 9.17) is 5.73 Å². The Balaban J connectivity index is 2.40. The van der Waals surface area contributed by atoms with Crippen molar-refractivity contribution in [1.29, 1.82) is 0 Å². The van der Waals surface area contributed by atoms with Gasteiger partial charge >= 0.3 is 0 Å². The topological polar surface area (TPSA) is 43.1 Å². The van der Waals surface area contributed by atoms with Crippen LogP contribution in [0.5, 0.6) is 0 Å². The van der Waals surface area contributed by atoms with Crippen LogP contribution in [-0.4, -0.2) is 12.3 Å². The minimum Gasteiger partial charge on any atom is -0.330 e. The lowest BCUT2D eigenvalue weighted by Crippen LogP contribution is -2.23. The molecular weight excluding hydrogens is 186 g/mol. The Kier molecular flexibility index (Phi) is 5.05. The van der Waals surface area contributed by atoms with Gasteiger partial charge in [-0.3, -0.25) is 4.79 Å². The first-order valence-electron chi connectivity index (χ1n) is 5.34. The number of aryl methyl sites for hydroxylation is 1. The molecule has 2 N–H and O–H groups in total. The van der Waals surface area contributed by atoms with E-state index in [0.29, 0.717) is 19.4 Å². The van der Waals surface area contributed by atoms with Gasteiger partial charge in [0.25, 0.3) is 0 Å². The van der Waals surface area contributed by atoms with Gasteiger partial charge < -0.3 is 5.73 Å². The lowest BCUT2D eigenvalue weighted by molar-refractivity contribution is -0.122. The van der Waals surface area contributed by atoms with Crippen molar-refractivity contribution in [1.82, 2.24) is 0 Å². The second-order valence-corrected chi connectivity index (χ2v) is 3.67. The second-order valence-electron chi connectivity index (χ2n) is 3.67. The molecule has 0 aliphatic carbocycles. The summed E-state index contributed by atoms with van der Waals surface area (Å²) in [6.07, 6.45) is 1.97. The normalized spacial score (nSPS) is 12.4. The molecule has 2 nitrogen and oxygen atoms in total. The molecular formula is C13H18NO. The highest BCUT2D eigenvalue weighted by atomic mass is 16.1. The molecule has 0 amide bonds. The maximum absolute atomic E-state index is 11.7. The molecule has 1 unspecified atom stereocenters. The minimum absolute atomic E-state index is 0.0614. The van der Waals surface area contributed by atoms with Crippen LogP contribution in [0.4, 0.5) is 0 Å². The molecule has 1 aromatic rings. The predicted octanol–water partition coefficient (Wildman–Crippen LogP) is 1.99. The van der Waals surface area contributed by atoms with Crippen molar-refractivity contribution in [3.63, 3.8) is 0 Å². The third-order valence-corrected chi connectivity index (χ3v) is 2.59. The van der Waals surface area contributed by atoms with Crippen LogP contribution in [0.2, 0.25) is 0 Å². The lowest BCUT2D eigenvalue weighted by atomic mass is 9.96. The van der Waals surface area contributed by atoms with E-state index < -0.39 is 0 Å². The molecule has 0 bridgehead atoms. The van der Waals surface area contributed by atoms with Gasteiger partial charge in [0.2, 0.25) is 0 Å². The maximum Gasteiger partial charge on any atom is 0.137 e. The van der Waals surface area contributed by atoms with Gasteiger partial charge in [-0.05, 0) is 18.4 Å². The molecule has 0 fully saturated rings. The Morgan fingerprint density at radius 3 is 2.53 bits per heavy atom. The van der Waals surface area contributed by atoms with E-state index in [9.17, 15) is 4.79 Å². The predicted molar refractivity (Wildman–Crippen MR) is 62.3 cm³/mol. The van der Waals surface area contributed by atoms with Crippen LogP contribution in [0.1, 0.15) is 18.4 Å². The molecule has 0 saturated carbocycles. The van der Waals surface area contributed by atoms with Crippen molar-refractivity contribution in [2.45, 2.75) is 19.3 Å². The smallest absolute Gasteiger partial charge is 0.137 e. The Morgan fingerprint density at radius 1 is 1.33 bits per heavy atom. The number of hydrogen-bond donors (Lipinski definition) is 1. The Labute approximate surface area is 91.5 Å². The molecule has 0 aromatic heterocycles. The number of hydrogen-bond acceptors (Lipinski definition) is 2. The standard InChI is InChI=1S/C13H18NO/c1-2-12(10-14)13(15)9-8-11-6-4-3-5-7-11/h3-7,12H,1-2,8-10,14H2. The van der Waals surface area contributed by atoms with Gasteiger partial charge in [-0.2, -0.15) is 0 Å². The van der Waals surface area contributed by atoms with Gasteiger partial charge in [0.15, 0.2) is 0 Å². The van der Waals surface area contributed by atoms with E-state index in [2.05, 4.69) is 6.92 Å². The van der Waals surface area contributed by atoms with Crippen LogP contribution >= 0.6 is 0 Å².